The molecular weight excluding hydrogens is 359 g/mol. The third-order valence-electron chi connectivity index (χ3n) is 4.47. The molecule has 0 saturated carbocycles. The number of carbonyl (C=O) groups excluding carboxylic acids is 1. The Kier molecular flexibility index (Phi) is 5.73. The molecule has 3 aromatic rings. The first-order valence-corrected chi connectivity index (χ1v) is 9.01. The monoisotopic (exact) mass is 380 g/mol. The summed E-state index contributed by atoms with van der Waals surface area (Å²) in [6.45, 7) is 6.09. The Morgan fingerprint density at radius 2 is 2.00 bits per heavy atom. The lowest BCUT2D eigenvalue weighted by Gasteiger charge is -2.13. The molecule has 0 atom stereocenters. The molecule has 0 unspecified atom stereocenters. The van der Waals surface area contributed by atoms with Crippen LogP contribution in [0.15, 0.2) is 57.8 Å². The van der Waals surface area contributed by atoms with Gasteiger partial charge in [-0.1, -0.05) is 26.0 Å². The number of aryl methyl sites for hydroxylation is 1. The van der Waals surface area contributed by atoms with Gasteiger partial charge in [0, 0.05) is 23.1 Å². The van der Waals surface area contributed by atoms with Crippen LogP contribution in [0.25, 0.3) is 17.0 Å². The molecule has 0 amide bonds. The van der Waals surface area contributed by atoms with E-state index < -0.39 is 11.6 Å². The molecular formula is C23H21FO4. The molecule has 0 spiro atoms. The number of hydrogen-bond donors (Lipinski definition) is 0. The molecule has 0 N–H and O–H groups in total. The molecule has 0 aliphatic heterocycles. The van der Waals surface area contributed by atoms with Crippen molar-refractivity contribution in [1.29, 1.82) is 0 Å². The molecule has 0 fully saturated rings. The Morgan fingerprint density at radius 3 is 2.71 bits per heavy atom. The van der Waals surface area contributed by atoms with Crippen molar-refractivity contribution in [3.8, 4) is 0 Å². The van der Waals surface area contributed by atoms with Gasteiger partial charge in [0.1, 0.15) is 18.0 Å². The van der Waals surface area contributed by atoms with Crippen molar-refractivity contribution in [2.75, 3.05) is 0 Å². The van der Waals surface area contributed by atoms with Gasteiger partial charge in [-0.3, -0.25) is 0 Å². The Bertz CT molecular complexity index is 1110. The van der Waals surface area contributed by atoms with Crippen LogP contribution in [0.3, 0.4) is 0 Å². The summed E-state index contributed by atoms with van der Waals surface area (Å²) in [7, 11) is 0. The summed E-state index contributed by atoms with van der Waals surface area (Å²) in [5.74, 6) is -0.656. The lowest BCUT2D eigenvalue weighted by atomic mass is 9.95. The van der Waals surface area contributed by atoms with Crippen LogP contribution in [-0.2, 0) is 16.1 Å². The van der Waals surface area contributed by atoms with Crippen molar-refractivity contribution in [2.24, 2.45) is 0 Å². The van der Waals surface area contributed by atoms with Crippen LogP contribution in [0.5, 0.6) is 0 Å². The van der Waals surface area contributed by atoms with Gasteiger partial charge in [0.2, 0.25) is 0 Å². The predicted molar refractivity (Wildman–Crippen MR) is 107 cm³/mol. The average Bonchev–Trinajstić information content (AvgIpc) is 2.63. The van der Waals surface area contributed by atoms with E-state index in [0.29, 0.717) is 22.6 Å². The summed E-state index contributed by atoms with van der Waals surface area (Å²) in [5.41, 5.74) is 3.29. The first-order valence-electron chi connectivity index (χ1n) is 9.01. The average molecular weight is 380 g/mol. The van der Waals surface area contributed by atoms with Crippen LogP contribution >= 0.6 is 0 Å². The topological polar surface area (TPSA) is 56.5 Å². The molecule has 3 rings (SSSR count). The van der Waals surface area contributed by atoms with Crippen molar-refractivity contribution >= 4 is 23.0 Å². The van der Waals surface area contributed by atoms with Crippen LogP contribution in [-0.4, -0.2) is 5.97 Å². The van der Waals surface area contributed by atoms with Crippen molar-refractivity contribution < 1.29 is 18.3 Å². The largest absolute Gasteiger partial charge is 0.458 e. The van der Waals surface area contributed by atoms with E-state index in [-0.39, 0.29) is 12.4 Å². The second kappa shape index (κ2) is 8.21. The Morgan fingerprint density at radius 1 is 1.21 bits per heavy atom. The lowest BCUT2D eigenvalue weighted by Crippen LogP contribution is -2.06. The zero-order valence-corrected chi connectivity index (χ0v) is 16.0. The molecule has 0 radical (unpaired) electrons. The first kappa shape index (κ1) is 19.5. The van der Waals surface area contributed by atoms with Gasteiger partial charge in [-0.25, -0.2) is 14.0 Å². The maximum atomic E-state index is 13.2. The number of hydrogen-bond acceptors (Lipinski definition) is 4. The summed E-state index contributed by atoms with van der Waals surface area (Å²) < 4.78 is 23.7. The van der Waals surface area contributed by atoms with Crippen molar-refractivity contribution in [3.05, 3.63) is 87.0 Å². The number of halogens is 1. The summed E-state index contributed by atoms with van der Waals surface area (Å²) in [4.78, 5) is 23.9. The lowest BCUT2D eigenvalue weighted by molar-refractivity contribution is -0.138. The smallest absolute Gasteiger partial charge is 0.336 e. The van der Waals surface area contributed by atoms with Gasteiger partial charge in [0.15, 0.2) is 0 Å². The molecule has 2 aromatic carbocycles. The van der Waals surface area contributed by atoms with E-state index in [1.807, 2.05) is 19.1 Å². The van der Waals surface area contributed by atoms with E-state index in [4.69, 9.17) is 9.15 Å². The maximum Gasteiger partial charge on any atom is 0.336 e. The molecule has 0 aliphatic rings. The summed E-state index contributed by atoms with van der Waals surface area (Å²) in [6, 6.07) is 11.0. The molecule has 4 nitrogen and oxygen atoms in total. The molecule has 0 bridgehead atoms. The van der Waals surface area contributed by atoms with Gasteiger partial charge in [-0.05, 0) is 59.9 Å². The van der Waals surface area contributed by atoms with Crippen LogP contribution in [0.2, 0.25) is 0 Å². The summed E-state index contributed by atoms with van der Waals surface area (Å²) in [5, 5.41) is 0.746. The highest BCUT2D eigenvalue weighted by atomic mass is 19.1. The number of benzene rings is 2. The van der Waals surface area contributed by atoms with Crippen LogP contribution < -0.4 is 5.63 Å². The van der Waals surface area contributed by atoms with Gasteiger partial charge in [-0.15, -0.1) is 0 Å². The molecule has 0 saturated heterocycles. The summed E-state index contributed by atoms with van der Waals surface area (Å²) in [6.07, 6.45) is 2.70. The fourth-order valence-electron chi connectivity index (χ4n) is 3.10. The van der Waals surface area contributed by atoms with Crippen molar-refractivity contribution in [2.45, 2.75) is 33.3 Å². The third-order valence-corrected chi connectivity index (χ3v) is 4.47. The molecule has 1 heterocycles. The zero-order valence-electron chi connectivity index (χ0n) is 16.0. The standard InChI is InChI=1S/C23H21FO4/c1-14(2)19-12-20-17(11-23(26)28-21(20)9-15(19)3)13-27-22(25)8-7-16-5-4-6-18(24)10-16/h4-12,14H,13H2,1-3H3. The quantitative estimate of drug-likeness (QED) is 0.350. The second-order valence-electron chi connectivity index (χ2n) is 6.95. The number of carbonyl (C=O) groups is 1. The van der Waals surface area contributed by atoms with Gasteiger partial charge < -0.3 is 9.15 Å². The molecule has 1 aromatic heterocycles. The van der Waals surface area contributed by atoms with Crippen LogP contribution in [0, 0.1) is 12.7 Å². The van der Waals surface area contributed by atoms with E-state index >= 15 is 0 Å². The minimum atomic E-state index is -0.582. The molecule has 5 heteroatoms. The SMILES string of the molecule is Cc1cc2oc(=O)cc(COC(=O)C=Cc3cccc(F)c3)c2cc1C(C)C. The van der Waals surface area contributed by atoms with Gasteiger partial charge in [-0.2, -0.15) is 0 Å². The second-order valence-corrected chi connectivity index (χ2v) is 6.95. The van der Waals surface area contributed by atoms with E-state index in [9.17, 15) is 14.0 Å². The minimum absolute atomic E-state index is 0.0605. The van der Waals surface area contributed by atoms with Gasteiger partial charge in [0.05, 0.1) is 0 Å². The van der Waals surface area contributed by atoms with E-state index in [1.54, 1.807) is 12.1 Å². The fraction of sp³-hybridized carbons (Fsp3) is 0.217. The Hall–Kier alpha value is -3.21. The van der Waals surface area contributed by atoms with Gasteiger partial charge >= 0.3 is 11.6 Å². The Balaban J connectivity index is 1.82. The number of esters is 1. The highest BCUT2D eigenvalue weighted by Crippen LogP contribution is 2.27. The molecule has 144 valence electrons. The number of fused-ring (bicyclic) bond motifs is 1. The molecule has 28 heavy (non-hydrogen) atoms. The highest BCUT2D eigenvalue weighted by molar-refractivity contribution is 5.87. The minimum Gasteiger partial charge on any atom is -0.458 e. The van der Waals surface area contributed by atoms with Crippen molar-refractivity contribution in [3.63, 3.8) is 0 Å². The van der Waals surface area contributed by atoms with Crippen LogP contribution in [0.4, 0.5) is 4.39 Å². The van der Waals surface area contributed by atoms with Crippen LogP contribution in [0.1, 0.15) is 42.0 Å². The van der Waals surface area contributed by atoms with E-state index in [0.717, 1.165) is 16.5 Å². The van der Waals surface area contributed by atoms with E-state index in [1.165, 1.54) is 30.4 Å². The Labute approximate surface area is 162 Å². The molecule has 0 aliphatic carbocycles. The fourth-order valence-corrected chi connectivity index (χ4v) is 3.10. The predicted octanol–water partition coefficient (Wildman–Crippen LogP) is 5.12. The third kappa shape index (κ3) is 4.55. The van der Waals surface area contributed by atoms with E-state index in [2.05, 4.69) is 13.8 Å². The summed E-state index contributed by atoms with van der Waals surface area (Å²) >= 11 is 0. The first-order chi connectivity index (χ1) is 13.3. The van der Waals surface area contributed by atoms with Crippen molar-refractivity contribution in [1.82, 2.24) is 0 Å². The maximum absolute atomic E-state index is 13.2. The number of rotatable bonds is 5. The zero-order chi connectivity index (χ0) is 20.3. The number of ether oxygens (including phenoxy) is 1. The normalized spacial score (nSPS) is 11.5. The highest BCUT2D eigenvalue weighted by Gasteiger charge is 2.12. The van der Waals surface area contributed by atoms with Gasteiger partial charge in [0.25, 0.3) is 0 Å².